The zero-order chi connectivity index (χ0) is 33.9. The molecule has 3 N–H and O–H groups in total. The standard InChI is InChI=1S/C30H36N10O7/c1-6-46-36-40(28(44)39-27(43)25(41)35-39)26(42)22-15-31-23(19-10-7-9-18(13-19)20-14-32-37(5)16-20)34-24(22)33-21-11-8-12-38(17-21)29(45)47-30(2,3)4/h7,9-10,13-16,21,36H,6,8,11-12,17H2,1-5H3,(H,35,41)(H,31,33,34). The van der Waals surface area contributed by atoms with E-state index in [4.69, 9.17) is 14.6 Å². The van der Waals surface area contributed by atoms with Crippen LogP contribution in [0.4, 0.5) is 15.4 Å². The second-order valence-electron chi connectivity index (χ2n) is 11.9. The maximum absolute atomic E-state index is 13.9. The predicted octanol–water partition coefficient (Wildman–Crippen LogP) is 2.25. The zero-order valence-electron chi connectivity index (χ0n) is 26.6. The van der Waals surface area contributed by atoms with Gasteiger partial charge >= 0.3 is 23.9 Å². The summed E-state index contributed by atoms with van der Waals surface area (Å²) in [6, 6.07) is 5.90. The summed E-state index contributed by atoms with van der Waals surface area (Å²) in [6.07, 6.45) is 5.68. The predicted molar refractivity (Wildman–Crippen MR) is 165 cm³/mol. The lowest BCUT2D eigenvalue weighted by Crippen LogP contribution is -2.70. The van der Waals surface area contributed by atoms with Crippen LogP contribution < -0.4 is 16.3 Å². The molecule has 2 aliphatic rings. The number of hydrazine groups is 2. The van der Waals surface area contributed by atoms with Crippen molar-refractivity contribution in [2.75, 3.05) is 25.0 Å². The molecular weight excluding hydrogens is 612 g/mol. The lowest BCUT2D eigenvalue weighted by atomic mass is 10.0. The van der Waals surface area contributed by atoms with Gasteiger partial charge in [-0.25, -0.2) is 25.0 Å². The van der Waals surface area contributed by atoms with Crippen LogP contribution in [0.1, 0.15) is 50.9 Å². The first-order valence-corrected chi connectivity index (χ1v) is 15.0. The Bertz CT molecular complexity index is 1700. The van der Waals surface area contributed by atoms with E-state index in [0.29, 0.717) is 35.0 Å². The van der Waals surface area contributed by atoms with Gasteiger partial charge in [0, 0.05) is 49.7 Å². The van der Waals surface area contributed by atoms with Crippen LogP contribution >= 0.6 is 0 Å². The molecule has 2 fully saturated rings. The summed E-state index contributed by atoms with van der Waals surface area (Å²) in [4.78, 5) is 79.2. The minimum absolute atomic E-state index is 0.0494. The average Bonchev–Trinajstić information content (AvgIpc) is 3.49. The smallest absolute Gasteiger partial charge is 0.410 e. The van der Waals surface area contributed by atoms with Crippen molar-refractivity contribution >= 4 is 35.7 Å². The molecule has 0 saturated carbocycles. The molecule has 2 aromatic heterocycles. The molecule has 0 bridgehead atoms. The maximum Gasteiger partial charge on any atom is 0.410 e. The molecule has 4 heterocycles. The van der Waals surface area contributed by atoms with Crippen LogP contribution in [0.5, 0.6) is 0 Å². The summed E-state index contributed by atoms with van der Waals surface area (Å²) in [6.45, 7) is 7.77. The Morgan fingerprint density at radius 2 is 1.89 bits per heavy atom. The lowest BCUT2D eigenvalue weighted by Gasteiger charge is -2.35. The number of aromatic nitrogens is 4. The zero-order valence-corrected chi connectivity index (χ0v) is 26.6. The number of hydrogen-bond acceptors (Lipinski definition) is 12. The first kappa shape index (κ1) is 33.0. The Morgan fingerprint density at radius 3 is 2.55 bits per heavy atom. The van der Waals surface area contributed by atoms with Gasteiger partial charge in [-0.2, -0.15) is 15.1 Å². The number of hydrogen-bond donors (Lipinski definition) is 3. The number of rotatable bonds is 8. The molecule has 17 nitrogen and oxygen atoms in total. The largest absolute Gasteiger partial charge is 0.444 e. The van der Waals surface area contributed by atoms with E-state index in [1.54, 1.807) is 43.5 Å². The summed E-state index contributed by atoms with van der Waals surface area (Å²) in [7, 11) is 1.82. The Balaban J connectivity index is 1.49. The maximum atomic E-state index is 13.9. The fourth-order valence-corrected chi connectivity index (χ4v) is 4.88. The summed E-state index contributed by atoms with van der Waals surface area (Å²) in [5.41, 5.74) is 5.82. The number of piperidine rings is 1. The fraction of sp³-hybridized carbons (Fsp3) is 0.400. The molecule has 1 atom stereocenters. The van der Waals surface area contributed by atoms with Crippen LogP contribution in [-0.2, 0) is 26.2 Å². The van der Waals surface area contributed by atoms with Gasteiger partial charge < -0.3 is 15.0 Å². The Hall–Kier alpha value is -5.42. The Kier molecular flexibility index (Phi) is 9.48. The van der Waals surface area contributed by atoms with Crippen molar-refractivity contribution < 1.29 is 33.5 Å². The minimum atomic E-state index is -1.21. The van der Waals surface area contributed by atoms with Gasteiger partial charge in [0.1, 0.15) is 17.0 Å². The van der Waals surface area contributed by atoms with Crippen molar-refractivity contribution in [1.29, 1.82) is 0 Å². The molecule has 47 heavy (non-hydrogen) atoms. The number of anilines is 1. The first-order chi connectivity index (χ1) is 22.3. The van der Waals surface area contributed by atoms with Crippen molar-refractivity contribution in [2.45, 2.75) is 52.2 Å². The van der Waals surface area contributed by atoms with E-state index in [1.807, 2.05) is 42.9 Å². The third-order valence-corrected chi connectivity index (χ3v) is 7.09. The molecule has 248 valence electrons. The topological polar surface area (TPSA) is 193 Å². The fourth-order valence-electron chi connectivity index (χ4n) is 4.88. The van der Waals surface area contributed by atoms with Crippen LogP contribution in [-0.4, -0.2) is 95.9 Å². The third-order valence-electron chi connectivity index (χ3n) is 7.09. The van der Waals surface area contributed by atoms with Gasteiger partial charge in [-0.05, 0) is 52.2 Å². The van der Waals surface area contributed by atoms with Gasteiger partial charge in [0.05, 0.1) is 12.8 Å². The van der Waals surface area contributed by atoms with Gasteiger partial charge in [-0.3, -0.25) is 23.9 Å². The Morgan fingerprint density at radius 1 is 1.13 bits per heavy atom. The molecule has 6 amide bonds. The van der Waals surface area contributed by atoms with E-state index in [0.717, 1.165) is 11.1 Å². The number of urea groups is 1. The lowest BCUT2D eigenvalue weighted by molar-refractivity contribution is -0.160. The van der Waals surface area contributed by atoms with Gasteiger partial charge in [-0.15, -0.1) is 5.59 Å². The van der Waals surface area contributed by atoms with E-state index in [-0.39, 0.29) is 36.4 Å². The van der Waals surface area contributed by atoms with Crippen LogP contribution in [0.3, 0.4) is 0 Å². The van der Waals surface area contributed by atoms with Crippen molar-refractivity contribution in [2.24, 2.45) is 7.05 Å². The molecule has 0 spiro atoms. The van der Waals surface area contributed by atoms with Gasteiger partial charge in [0.15, 0.2) is 5.82 Å². The summed E-state index contributed by atoms with van der Waals surface area (Å²) < 4.78 is 7.25. The summed E-state index contributed by atoms with van der Waals surface area (Å²) in [5, 5.41) is 8.31. The van der Waals surface area contributed by atoms with Crippen molar-refractivity contribution in [3.05, 3.63) is 48.4 Å². The number of ether oxygens (including phenoxy) is 1. The second kappa shape index (κ2) is 13.5. The number of amides is 6. The number of nitrogens with zero attached hydrogens (tertiary/aromatic N) is 7. The van der Waals surface area contributed by atoms with Crippen LogP contribution in [0, 0.1) is 0 Å². The third kappa shape index (κ3) is 7.53. The summed E-state index contributed by atoms with van der Waals surface area (Å²) in [5.74, 6) is -2.78. The molecule has 2 aliphatic heterocycles. The quantitative estimate of drug-likeness (QED) is 0.239. The molecule has 2 saturated heterocycles. The van der Waals surface area contributed by atoms with E-state index < -0.39 is 35.4 Å². The molecular formula is C30H36N10O7. The minimum Gasteiger partial charge on any atom is -0.444 e. The van der Waals surface area contributed by atoms with Crippen LogP contribution in [0.25, 0.3) is 22.5 Å². The van der Waals surface area contributed by atoms with Gasteiger partial charge in [0.25, 0.3) is 5.91 Å². The van der Waals surface area contributed by atoms with E-state index in [2.05, 4.69) is 21.0 Å². The number of likely N-dealkylation sites (tertiary alicyclic amines) is 1. The average molecular weight is 649 g/mol. The van der Waals surface area contributed by atoms with E-state index in [1.165, 1.54) is 6.20 Å². The van der Waals surface area contributed by atoms with Crippen molar-refractivity contribution in [3.63, 3.8) is 0 Å². The normalized spacial score (nSPS) is 16.3. The summed E-state index contributed by atoms with van der Waals surface area (Å²) >= 11 is 0. The second-order valence-corrected chi connectivity index (χ2v) is 11.9. The van der Waals surface area contributed by atoms with Crippen LogP contribution in [0.2, 0.25) is 0 Å². The number of benzene rings is 1. The molecule has 0 aliphatic carbocycles. The highest BCUT2D eigenvalue weighted by Gasteiger charge is 2.44. The highest BCUT2D eigenvalue weighted by molar-refractivity contribution is 6.43. The molecule has 3 aromatic rings. The molecule has 17 heteroatoms. The number of carbonyl (C=O) groups is 5. The number of nitrogens with one attached hydrogen (secondary N) is 3. The molecule has 5 rings (SSSR count). The number of carbonyl (C=O) groups excluding carboxylic acids is 5. The highest BCUT2D eigenvalue weighted by atomic mass is 16.7. The van der Waals surface area contributed by atoms with E-state index >= 15 is 0 Å². The SMILES string of the molecule is CCONN(C(=O)c1cnc(-c2cccc(-c3cnn(C)c3)c2)nc1NC1CCCN(C(=O)OC(C)(C)C)C1)C(=O)N1NC(=O)C1=O. The number of aryl methyl sites for hydroxylation is 1. The molecule has 0 radical (unpaired) electrons. The number of imide groups is 2. The van der Waals surface area contributed by atoms with Gasteiger partial charge in [-0.1, -0.05) is 18.2 Å². The Labute approximate surface area is 270 Å². The van der Waals surface area contributed by atoms with Crippen molar-refractivity contribution in [1.82, 2.24) is 45.7 Å². The first-order valence-electron chi connectivity index (χ1n) is 15.0. The molecule has 1 unspecified atom stereocenters. The monoisotopic (exact) mass is 648 g/mol. The van der Waals surface area contributed by atoms with E-state index in [9.17, 15) is 24.0 Å². The molecule has 1 aromatic carbocycles. The highest BCUT2D eigenvalue weighted by Crippen LogP contribution is 2.27. The van der Waals surface area contributed by atoms with Gasteiger partial charge in [0.2, 0.25) is 0 Å². The van der Waals surface area contributed by atoms with Crippen molar-refractivity contribution in [3.8, 4) is 22.5 Å². The van der Waals surface area contributed by atoms with Crippen LogP contribution in [0.15, 0.2) is 42.9 Å².